The van der Waals surface area contributed by atoms with Gasteiger partial charge in [0, 0.05) is 17.1 Å². The number of hydrogen-bond acceptors (Lipinski definition) is 1. The van der Waals surface area contributed by atoms with Crippen molar-refractivity contribution in [2.24, 2.45) is 5.92 Å². The van der Waals surface area contributed by atoms with Gasteiger partial charge >= 0.3 is 0 Å². The summed E-state index contributed by atoms with van der Waals surface area (Å²) in [7, 11) is 0. The van der Waals surface area contributed by atoms with Crippen LogP contribution in [0.1, 0.15) is 23.6 Å². The minimum atomic E-state index is 0.194. The van der Waals surface area contributed by atoms with Crippen molar-refractivity contribution >= 4 is 23.2 Å². The maximum Gasteiger partial charge on any atom is 0.227 e. The van der Waals surface area contributed by atoms with Gasteiger partial charge in [0.1, 0.15) is 0 Å². The zero-order valence-electron chi connectivity index (χ0n) is 10.9. The molecule has 0 saturated carbocycles. The highest BCUT2D eigenvalue weighted by molar-refractivity contribution is 6.30. The average Bonchev–Trinajstić information content (AvgIpc) is 2.94. The van der Waals surface area contributed by atoms with E-state index in [9.17, 15) is 4.79 Å². The van der Waals surface area contributed by atoms with Crippen LogP contribution in [0.15, 0.2) is 48.5 Å². The normalized spacial score (nSPS) is 23.9. The highest BCUT2D eigenvalue weighted by atomic mass is 35.5. The van der Waals surface area contributed by atoms with Gasteiger partial charge in [-0.2, -0.15) is 0 Å². The summed E-state index contributed by atoms with van der Waals surface area (Å²) in [5.41, 5.74) is 3.64. The van der Waals surface area contributed by atoms with Crippen LogP contribution in [0, 0.1) is 5.92 Å². The molecule has 2 unspecified atom stereocenters. The van der Waals surface area contributed by atoms with E-state index >= 15 is 0 Å². The molecule has 1 aliphatic carbocycles. The number of benzene rings is 2. The number of hydrogen-bond donors (Lipinski definition) is 0. The molecule has 1 fully saturated rings. The molecule has 100 valence electrons. The molecule has 0 spiro atoms. The molecule has 1 saturated heterocycles. The molecule has 0 N–H and O–H groups in total. The molecule has 1 aliphatic heterocycles. The number of halogens is 1. The molecule has 3 heteroatoms. The standard InChI is InChI=1S/C17H14ClNO/c18-13-5-7-14(8-6-13)19-16(20)10-12-9-11-3-1-2-4-15(11)17(12)19/h1-8,12,17H,9-10H2. The smallest absolute Gasteiger partial charge is 0.227 e. The Morgan fingerprint density at radius 2 is 1.75 bits per heavy atom. The molecule has 20 heavy (non-hydrogen) atoms. The Bertz CT molecular complexity index is 680. The Kier molecular flexibility index (Phi) is 2.61. The first-order chi connectivity index (χ1) is 9.74. The fourth-order valence-corrected chi connectivity index (χ4v) is 3.70. The largest absolute Gasteiger partial charge is 0.305 e. The molecule has 2 nitrogen and oxygen atoms in total. The quantitative estimate of drug-likeness (QED) is 0.775. The van der Waals surface area contributed by atoms with Crippen LogP contribution in [0.25, 0.3) is 0 Å². The van der Waals surface area contributed by atoms with Crippen LogP contribution in [0.3, 0.4) is 0 Å². The lowest BCUT2D eigenvalue weighted by molar-refractivity contribution is -0.117. The lowest BCUT2D eigenvalue weighted by Crippen LogP contribution is -2.27. The molecule has 0 aromatic heterocycles. The van der Waals surface area contributed by atoms with Gasteiger partial charge in [-0.25, -0.2) is 0 Å². The van der Waals surface area contributed by atoms with E-state index < -0.39 is 0 Å². The molecule has 0 radical (unpaired) electrons. The van der Waals surface area contributed by atoms with Gasteiger partial charge < -0.3 is 4.90 Å². The Morgan fingerprint density at radius 3 is 2.55 bits per heavy atom. The van der Waals surface area contributed by atoms with E-state index in [1.54, 1.807) is 0 Å². The van der Waals surface area contributed by atoms with Gasteiger partial charge in [0.05, 0.1) is 6.04 Å². The van der Waals surface area contributed by atoms with Crippen LogP contribution in [-0.4, -0.2) is 5.91 Å². The van der Waals surface area contributed by atoms with Crippen molar-refractivity contribution in [2.45, 2.75) is 18.9 Å². The van der Waals surface area contributed by atoms with Gasteiger partial charge in [0.2, 0.25) is 5.91 Å². The fourth-order valence-electron chi connectivity index (χ4n) is 3.57. The molecular formula is C17H14ClNO. The lowest BCUT2D eigenvalue weighted by Gasteiger charge is -2.25. The van der Waals surface area contributed by atoms with E-state index in [0.29, 0.717) is 17.4 Å². The monoisotopic (exact) mass is 283 g/mol. The highest BCUT2D eigenvalue weighted by Crippen LogP contribution is 2.48. The second-order valence-corrected chi connectivity index (χ2v) is 5.99. The molecule has 4 rings (SSSR count). The summed E-state index contributed by atoms with van der Waals surface area (Å²) in [6.07, 6.45) is 1.65. The topological polar surface area (TPSA) is 20.3 Å². The van der Waals surface area contributed by atoms with Crippen molar-refractivity contribution in [1.29, 1.82) is 0 Å². The first-order valence-corrected chi connectivity index (χ1v) is 7.27. The van der Waals surface area contributed by atoms with E-state index in [1.165, 1.54) is 11.1 Å². The third kappa shape index (κ3) is 1.68. The zero-order valence-corrected chi connectivity index (χ0v) is 11.7. The maximum absolute atomic E-state index is 12.4. The van der Waals surface area contributed by atoms with Gasteiger partial charge in [-0.05, 0) is 47.7 Å². The predicted octanol–water partition coefficient (Wildman–Crippen LogP) is 3.99. The number of fused-ring (bicyclic) bond motifs is 3. The van der Waals surface area contributed by atoms with Crippen molar-refractivity contribution in [1.82, 2.24) is 0 Å². The fraction of sp³-hybridized carbons (Fsp3) is 0.235. The van der Waals surface area contributed by atoms with Crippen molar-refractivity contribution in [2.75, 3.05) is 4.90 Å². The SMILES string of the molecule is O=C1CC2Cc3ccccc3C2N1c1ccc(Cl)cc1. The van der Waals surface area contributed by atoms with Crippen molar-refractivity contribution in [3.8, 4) is 0 Å². The molecule has 2 aliphatic rings. The van der Waals surface area contributed by atoms with E-state index in [1.807, 2.05) is 29.2 Å². The Balaban J connectivity index is 1.80. The van der Waals surface area contributed by atoms with Gasteiger partial charge in [-0.15, -0.1) is 0 Å². The number of carbonyl (C=O) groups excluding carboxylic acids is 1. The number of carbonyl (C=O) groups is 1. The zero-order chi connectivity index (χ0) is 13.7. The predicted molar refractivity (Wildman–Crippen MR) is 79.9 cm³/mol. The first kappa shape index (κ1) is 12.0. The van der Waals surface area contributed by atoms with Crippen LogP contribution in [0.4, 0.5) is 5.69 Å². The Hall–Kier alpha value is -1.80. The van der Waals surface area contributed by atoms with E-state index in [0.717, 1.165) is 12.1 Å². The third-order valence-corrected chi connectivity index (χ3v) is 4.64. The molecule has 2 atom stereocenters. The molecule has 0 bridgehead atoms. The summed E-state index contributed by atoms with van der Waals surface area (Å²) >= 11 is 5.94. The Labute approximate surface area is 123 Å². The van der Waals surface area contributed by atoms with Crippen LogP contribution in [0.2, 0.25) is 5.02 Å². The van der Waals surface area contributed by atoms with Gasteiger partial charge in [-0.1, -0.05) is 35.9 Å². The van der Waals surface area contributed by atoms with Gasteiger partial charge in [0.25, 0.3) is 0 Å². The summed E-state index contributed by atoms with van der Waals surface area (Å²) < 4.78 is 0. The summed E-state index contributed by atoms with van der Waals surface area (Å²) in [6.45, 7) is 0. The van der Waals surface area contributed by atoms with Crippen LogP contribution >= 0.6 is 11.6 Å². The molecule has 1 amide bonds. The first-order valence-electron chi connectivity index (χ1n) is 6.89. The van der Waals surface area contributed by atoms with Crippen molar-refractivity contribution < 1.29 is 4.79 Å². The van der Waals surface area contributed by atoms with Crippen LogP contribution in [-0.2, 0) is 11.2 Å². The minimum Gasteiger partial charge on any atom is -0.305 e. The van der Waals surface area contributed by atoms with E-state index in [2.05, 4.69) is 24.3 Å². The second kappa shape index (κ2) is 4.35. The van der Waals surface area contributed by atoms with Crippen molar-refractivity contribution in [3.63, 3.8) is 0 Å². The highest BCUT2D eigenvalue weighted by Gasteiger charge is 2.45. The van der Waals surface area contributed by atoms with Gasteiger partial charge in [0.15, 0.2) is 0 Å². The lowest BCUT2D eigenvalue weighted by atomic mass is 10.0. The molecule has 1 heterocycles. The third-order valence-electron chi connectivity index (χ3n) is 4.39. The summed E-state index contributed by atoms with van der Waals surface area (Å²) in [5, 5.41) is 0.698. The average molecular weight is 284 g/mol. The summed E-state index contributed by atoms with van der Waals surface area (Å²) in [6, 6.07) is 16.2. The number of anilines is 1. The molecule has 2 aromatic carbocycles. The molecular weight excluding hydrogens is 270 g/mol. The van der Waals surface area contributed by atoms with Crippen LogP contribution < -0.4 is 4.90 Å². The maximum atomic E-state index is 12.4. The van der Waals surface area contributed by atoms with E-state index in [-0.39, 0.29) is 11.9 Å². The number of rotatable bonds is 1. The molecule has 2 aromatic rings. The van der Waals surface area contributed by atoms with Crippen molar-refractivity contribution in [3.05, 3.63) is 64.7 Å². The Morgan fingerprint density at radius 1 is 1.00 bits per heavy atom. The number of amides is 1. The van der Waals surface area contributed by atoms with Gasteiger partial charge in [-0.3, -0.25) is 4.79 Å². The summed E-state index contributed by atoms with van der Waals surface area (Å²) in [5.74, 6) is 0.632. The minimum absolute atomic E-state index is 0.194. The number of nitrogens with zero attached hydrogens (tertiary/aromatic N) is 1. The van der Waals surface area contributed by atoms with E-state index in [4.69, 9.17) is 11.6 Å². The van der Waals surface area contributed by atoms with Crippen LogP contribution in [0.5, 0.6) is 0 Å². The second-order valence-electron chi connectivity index (χ2n) is 5.55. The summed E-state index contributed by atoms with van der Waals surface area (Å²) in [4.78, 5) is 14.3.